The number of anilines is 1. The molecule has 2 aliphatic rings. The Labute approximate surface area is 220 Å². The third kappa shape index (κ3) is 5.55. The molecular formula is C27H24F5N3O4. The van der Waals surface area contributed by atoms with Gasteiger partial charge in [0.2, 0.25) is 0 Å². The van der Waals surface area contributed by atoms with Crippen molar-refractivity contribution in [2.45, 2.75) is 37.9 Å². The molecule has 0 N–H and O–H groups in total. The molecule has 3 aromatic rings. The highest BCUT2D eigenvalue weighted by Crippen LogP contribution is 2.39. The molecule has 5 rings (SSSR count). The number of nitrogens with zero attached hydrogens (tertiary/aromatic N) is 3. The lowest BCUT2D eigenvalue weighted by Gasteiger charge is -2.39. The van der Waals surface area contributed by atoms with Crippen LogP contribution in [0.3, 0.4) is 0 Å². The predicted octanol–water partition coefficient (Wildman–Crippen LogP) is 6.19. The maximum absolute atomic E-state index is 13.5. The lowest BCUT2D eigenvalue weighted by Crippen LogP contribution is -2.56. The molecule has 3 heterocycles. The Balaban J connectivity index is 1.46. The number of aromatic nitrogens is 1. The van der Waals surface area contributed by atoms with Crippen molar-refractivity contribution in [3.05, 3.63) is 71.9 Å². The molecule has 39 heavy (non-hydrogen) atoms. The first-order chi connectivity index (χ1) is 18.4. The number of methoxy groups -OCH3 is 1. The number of pyridine rings is 1. The molecule has 1 aromatic heterocycles. The van der Waals surface area contributed by atoms with Gasteiger partial charge >= 0.3 is 12.5 Å². The van der Waals surface area contributed by atoms with E-state index < -0.39 is 49.4 Å². The summed E-state index contributed by atoms with van der Waals surface area (Å²) in [7, 11) is 1.52. The van der Waals surface area contributed by atoms with Crippen LogP contribution in [0.15, 0.2) is 60.7 Å². The molecule has 2 aromatic carbocycles. The van der Waals surface area contributed by atoms with E-state index in [4.69, 9.17) is 9.47 Å². The number of ether oxygens (including phenoxy) is 3. The zero-order valence-electron chi connectivity index (χ0n) is 20.9. The van der Waals surface area contributed by atoms with Crippen molar-refractivity contribution in [1.29, 1.82) is 0 Å². The van der Waals surface area contributed by atoms with Crippen LogP contribution < -0.4 is 14.4 Å². The molecule has 2 aliphatic heterocycles. The Hall–Kier alpha value is -4.09. The Morgan fingerprint density at radius 1 is 1.05 bits per heavy atom. The van der Waals surface area contributed by atoms with E-state index in [1.807, 2.05) is 12.1 Å². The normalized spacial score (nSPS) is 20.4. The number of alkyl halides is 5. The molecule has 2 unspecified atom stereocenters. The molecule has 7 nitrogen and oxygen atoms in total. The quantitative estimate of drug-likeness (QED) is 0.328. The fraction of sp³-hybridized carbons (Fsp3) is 0.333. The van der Waals surface area contributed by atoms with Gasteiger partial charge < -0.3 is 19.1 Å². The third-order valence-electron chi connectivity index (χ3n) is 6.66. The summed E-state index contributed by atoms with van der Waals surface area (Å²) in [5.41, 5.74) is 2.07. The van der Waals surface area contributed by atoms with Gasteiger partial charge in [0.25, 0.3) is 5.92 Å². The van der Waals surface area contributed by atoms with Crippen LogP contribution in [-0.2, 0) is 11.3 Å². The first-order valence-corrected chi connectivity index (χ1v) is 12.0. The number of hydrogen-bond acceptors (Lipinski definition) is 6. The molecule has 2 atom stereocenters. The summed E-state index contributed by atoms with van der Waals surface area (Å²) in [4.78, 5) is 20.4. The second kappa shape index (κ2) is 9.90. The van der Waals surface area contributed by atoms with E-state index in [1.165, 1.54) is 29.0 Å². The van der Waals surface area contributed by atoms with Crippen molar-refractivity contribution in [2.24, 2.45) is 0 Å². The van der Waals surface area contributed by atoms with Crippen LogP contribution in [0.25, 0.3) is 11.1 Å². The number of halogens is 5. The molecule has 0 spiro atoms. The lowest BCUT2D eigenvalue weighted by molar-refractivity contribution is -0.274. The molecule has 206 valence electrons. The number of rotatable bonds is 7. The maximum Gasteiger partial charge on any atom is 0.573 e. The van der Waals surface area contributed by atoms with Crippen LogP contribution in [0.4, 0.5) is 32.6 Å². The Kier molecular flexibility index (Phi) is 6.73. The highest BCUT2D eigenvalue weighted by molar-refractivity contribution is 5.75. The first kappa shape index (κ1) is 26.5. The SMILES string of the molecule is COc1ccccc1-c1ccc(N2CC(F)(F)C2)nc1CN1C(=O)OC(c2cccc(OC(F)(F)F)c2)C1C. The van der Waals surface area contributed by atoms with Crippen LogP contribution in [0.1, 0.15) is 24.3 Å². The number of benzene rings is 2. The molecule has 0 bridgehead atoms. The molecule has 12 heteroatoms. The zero-order chi connectivity index (χ0) is 27.9. The third-order valence-corrected chi connectivity index (χ3v) is 6.66. The van der Waals surface area contributed by atoms with E-state index in [2.05, 4.69) is 9.72 Å². The molecule has 0 aliphatic carbocycles. The Bertz CT molecular complexity index is 1380. The zero-order valence-corrected chi connectivity index (χ0v) is 20.9. The van der Waals surface area contributed by atoms with Gasteiger partial charge in [-0.2, -0.15) is 0 Å². The number of cyclic esters (lactones) is 1. The average molecular weight is 549 g/mol. The summed E-state index contributed by atoms with van der Waals surface area (Å²) in [6.45, 7) is 0.734. The molecule has 0 radical (unpaired) electrons. The van der Waals surface area contributed by atoms with Gasteiger partial charge in [0.05, 0.1) is 38.5 Å². The van der Waals surface area contributed by atoms with Crippen molar-refractivity contribution < 1.29 is 41.0 Å². The Morgan fingerprint density at radius 3 is 2.49 bits per heavy atom. The van der Waals surface area contributed by atoms with Gasteiger partial charge in [0, 0.05) is 11.1 Å². The summed E-state index contributed by atoms with van der Waals surface area (Å²) in [5.74, 6) is -2.34. The van der Waals surface area contributed by atoms with E-state index in [9.17, 15) is 26.7 Å². The minimum absolute atomic E-state index is 0.0410. The van der Waals surface area contributed by atoms with Gasteiger partial charge in [-0.15, -0.1) is 13.2 Å². The van der Waals surface area contributed by atoms with Gasteiger partial charge in [-0.05, 0) is 42.8 Å². The predicted molar refractivity (Wildman–Crippen MR) is 131 cm³/mol. The van der Waals surface area contributed by atoms with E-state index >= 15 is 0 Å². The van der Waals surface area contributed by atoms with E-state index in [1.54, 1.807) is 37.3 Å². The second-order valence-electron chi connectivity index (χ2n) is 9.37. The molecule has 2 fully saturated rings. The number of amides is 1. The molecular weight excluding hydrogens is 525 g/mol. The number of hydrogen-bond donors (Lipinski definition) is 0. The summed E-state index contributed by atoms with van der Waals surface area (Å²) in [5, 5.41) is 0. The number of para-hydroxylation sites is 1. The van der Waals surface area contributed by atoms with Crippen LogP contribution in [0.2, 0.25) is 0 Å². The van der Waals surface area contributed by atoms with Crippen LogP contribution in [0, 0.1) is 0 Å². The van der Waals surface area contributed by atoms with Crippen molar-refractivity contribution in [3.8, 4) is 22.6 Å². The minimum atomic E-state index is -4.87. The monoisotopic (exact) mass is 549 g/mol. The van der Waals surface area contributed by atoms with Gasteiger partial charge in [0.15, 0.2) is 0 Å². The van der Waals surface area contributed by atoms with Crippen molar-refractivity contribution in [3.63, 3.8) is 0 Å². The average Bonchev–Trinajstić information content (AvgIpc) is 3.15. The summed E-state index contributed by atoms with van der Waals surface area (Å²) in [6, 6.07) is 15.2. The van der Waals surface area contributed by atoms with Gasteiger partial charge in [-0.1, -0.05) is 30.3 Å². The molecule has 2 saturated heterocycles. The van der Waals surface area contributed by atoms with Crippen molar-refractivity contribution in [1.82, 2.24) is 9.88 Å². The van der Waals surface area contributed by atoms with Crippen molar-refractivity contribution in [2.75, 3.05) is 25.1 Å². The minimum Gasteiger partial charge on any atom is -0.496 e. The summed E-state index contributed by atoms with van der Waals surface area (Å²) < 4.78 is 80.3. The Morgan fingerprint density at radius 2 is 1.79 bits per heavy atom. The first-order valence-electron chi connectivity index (χ1n) is 12.0. The molecule has 1 amide bonds. The highest BCUT2D eigenvalue weighted by atomic mass is 19.4. The standard InChI is InChI=1S/C27H24F5N3O4/c1-16-24(17-6-5-7-18(12-17)39-27(30,31)32)38-25(36)35(16)13-21-19(20-8-3-4-9-22(20)37-2)10-11-23(33-21)34-14-26(28,29)15-34/h3-12,16,24H,13-15H2,1-2H3. The smallest absolute Gasteiger partial charge is 0.496 e. The summed E-state index contributed by atoms with van der Waals surface area (Å²) >= 11 is 0. The second-order valence-corrected chi connectivity index (χ2v) is 9.37. The fourth-order valence-corrected chi connectivity index (χ4v) is 4.78. The number of carbonyl (C=O) groups is 1. The van der Waals surface area contributed by atoms with Crippen LogP contribution in [0.5, 0.6) is 11.5 Å². The van der Waals surface area contributed by atoms with Crippen molar-refractivity contribution >= 4 is 11.9 Å². The topological polar surface area (TPSA) is 64.1 Å². The van der Waals surface area contributed by atoms with Crippen LogP contribution >= 0.6 is 0 Å². The highest BCUT2D eigenvalue weighted by Gasteiger charge is 2.45. The molecule has 0 saturated carbocycles. The van der Waals surface area contributed by atoms with E-state index in [0.29, 0.717) is 34.0 Å². The van der Waals surface area contributed by atoms with Gasteiger partial charge in [-0.25, -0.2) is 18.6 Å². The van der Waals surface area contributed by atoms with E-state index in [-0.39, 0.29) is 6.54 Å². The van der Waals surface area contributed by atoms with Gasteiger partial charge in [-0.3, -0.25) is 4.90 Å². The largest absolute Gasteiger partial charge is 0.573 e. The fourth-order valence-electron chi connectivity index (χ4n) is 4.78. The maximum atomic E-state index is 13.5. The number of carbonyl (C=O) groups excluding carboxylic acids is 1. The van der Waals surface area contributed by atoms with E-state index in [0.717, 1.165) is 6.07 Å². The lowest BCUT2D eigenvalue weighted by atomic mass is 10.0. The van der Waals surface area contributed by atoms with Gasteiger partial charge in [0.1, 0.15) is 23.4 Å². The summed E-state index contributed by atoms with van der Waals surface area (Å²) in [6.07, 6.45) is -6.43. The van der Waals surface area contributed by atoms with Crippen LogP contribution in [-0.4, -0.2) is 54.5 Å².